The van der Waals surface area contributed by atoms with Crippen molar-refractivity contribution in [3.8, 4) is 0 Å². The van der Waals surface area contributed by atoms with Crippen LogP contribution < -0.4 is 10.7 Å². The minimum Gasteiger partial charge on any atom is -0.357 e. The van der Waals surface area contributed by atoms with Crippen molar-refractivity contribution in [3.63, 3.8) is 0 Å². The van der Waals surface area contributed by atoms with Crippen molar-refractivity contribution >= 4 is 34.6 Å². The second kappa shape index (κ2) is 7.56. The zero-order chi connectivity index (χ0) is 16.8. The summed E-state index contributed by atoms with van der Waals surface area (Å²) in [4.78, 5) is 8.72. The number of thiocarbonyl (C=S) groups is 1. The molecule has 0 aliphatic rings. The van der Waals surface area contributed by atoms with Crippen LogP contribution in [0.4, 0.5) is 4.39 Å². The van der Waals surface area contributed by atoms with Crippen LogP contribution in [-0.2, 0) is 6.54 Å². The van der Waals surface area contributed by atoms with E-state index in [0.29, 0.717) is 17.4 Å². The largest absolute Gasteiger partial charge is 0.357 e. The summed E-state index contributed by atoms with van der Waals surface area (Å²) in [6, 6.07) is 13.8. The summed E-state index contributed by atoms with van der Waals surface area (Å²) in [6.07, 6.45) is 3.19. The number of nitrogens with one attached hydrogen (secondary N) is 2. The lowest BCUT2D eigenvalue weighted by atomic mass is 10.2. The van der Waals surface area contributed by atoms with E-state index in [2.05, 4.69) is 25.8 Å². The molecule has 0 radical (unpaired) electrons. The van der Waals surface area contributed by atoms with E-state index in [0.717, 1.165) is 16.6 Å². The molecule has 0 spiro atoms. The number of benzene rings is 2. The van der Waals surface area contributed by atoms with Crippen molar-refractivity contribution in [2.24, 2.45) is 5.10 Å². The fourth-order valence-electron chi connectivity index (χ4n) is 2.01. The number of nitrogens with zero attached hydrogens (tertiary/aromatic N) is 3. The van der Waals surface area contributed by atoms with Crippen LogP contribution in [0.2, 0.25) is 0 Å². The van der Waals surface area contributed by atoms with Gasteiger partial charge < -0.3 is 5.32 Å². The van der Waals surface area contributed by atoms with Gasteiger partial charge in [0.1, 0.15) is 11.5 Å². The molecule has 0 saturated carbocycles. The van der Waals surface area contributed by atoms with E-state index >= 15 is 0 Å². The van der Waals surface area contributed by atoms with Gasteiger partial charge in [-0.1, -0.05) is 24.3 Å². The van der Waals surface area contributed by atoms with Crippen LogP contribution in [0.25, 0.3) is 11.0 Å². The summed E-state index contributed by atoms with van der Waals surface area (Å²) in [5.74, 6) is -0.263. The van der Waals surface area contributed by atoms with Crippen LogP contribution >= 0.6 is 12.2 Å². The van der Waals surface area contributed by atoms with Crippen molar-refractivity contribution in [1.29, 1.82) is 0 Å². The number of para-hydroxylation sites is 2. The normalized spacial score (nSPS) is 10.9. The van der Waals surface area contributed by atoms with Crippen molar-refractivity contribution in [3.05, 3.63) is 71.8 Å². The number of aromatic nitrogens is 2. The zero-order valence-corrected chi connectivity index (χ0v) is 13.4. The molecule has 0 saturated heterocycles. The second-order valence-corrected chi connectivity index (χ2v) is 5.37. The predicted molar refractivity (Wildman–Crippen MR) is 96.1 cm³/mol. The molecule has 0 amide bonds. The maximum atomic E-state index is 12.8. The van der Waals surface area contributed by atoms with Gasteiger partial charge in [0.25, 0.3) is 0 Å². The third-order valence-electron chi connectivity index (χ3n) is 3.20. The van der Waals surface area contributed by atoms with E-state index in [4.69, 9.17) is 12.2 Å². The molecule has 0 aliphatic heterocycles. The number of hydrogen-bond acceptors (Lipinski definition) is 4. The summed E-state index contributed by atoms with van der Waals surface area (Å²) < 4.78 is 12.8. The minimum atomic E-state index is -0.263. The molecule has 0 bridgehead atoms. The van der Waals surface area contributed by atoms with Gasteiger partial charge in [-0.05, 0) is 42.0 Å². The molecule has 0 unspecified atom stereocenters. The van der Waals surface area contributed by atoms with Crippen LogP contribution in [0.1, 0.15) is 11.3 Å². The first-order valence-electron chi connectivity index (χ1n) is 7.24. The molecule has 3 aromatic rings. The number of fused-ring (bicyclic) bond motifs is 1. The highest BCUT2D eigenvalue weighted by Crippen LogP contribution is 2.07. The lowest BCUT2D eigenvalue weighted by Crippen LogP contribution is -2.31. The molecule has 7 heteroatoms. The van der Waals surface area contributed by atoms with Gasteiger partial charge in [-0.25, -0.2) is 9.37 Å². The van der Waals surface area contributed by atoms with Gasteiger partial charge in [-0.2, -0.15) is 5.10 Å². The molecule has 2 N–H and O–H groups in total. The molecule has 0 fully saturated rings. The van der Waals surface area contributed by atoms with Crippen molar-refractivity contribution < 1.29 is 4.39 Å². The third kappa shape index (κ3) is 4.30. The highest BCUT2D eigenvalue weighted by molar-refractivity contribution is 7.80. The smallest absolute Gasteiger partial charge is 0.187 e. The highest BCUT2D eigenvalue weighted by atomic mass is 32.1. The quantitative estimate of drug-likeness (QED) is 0.435. The summed E-state index contributed by atoms with van der Waals surface area (Å²) >= 11 is 5.13. The molecule has 24 heavy (non-hydrogen) atoms. The number of halogens is 1. The minimum absolute atomic E-state index is 0.263. The molecular weight excluding hydrogens is 325 g/mol. The Morgan fingerprint density at radius 3 is 2.67 bits per heavy atom. The fraction of sp³-hybridized carbons (Fsp3) is 0.0588. The Kier molecular flexibility index (Phi) is 5.02. The Morgan fingerprint density at radius 1 is 1.12 bits per heavy atom. The van der Waals surface area contributed by atoms with E-state index in [9.17, 15) is 4.39 Å². The van der Waals surface area contributed by atoms with Crippen molar-refractivity contribution in [2.45, 2.75) is 6.54 Å². The van der Waals surface area contributed by atoms with Gasteiger partial charge in [0.15, 0.2) is 5.11 Å². The lowest BCUT2D eigenvalue weighted by molar-refractivity contribution is 0.626. The van der Waals surface area contributed by atoms with E-state index in [-0.39, 0.29) is 5.82 Å². The molecular formula is C17H14FN5S. The fourth-order valence-corrected chi connectivity index (χ4v) is 2.14. The second-order valence-electron chi connectivity index (χ2n) is 4.96. The Labute approximate surface area is 143 Å². The Balaban J connectivity index is 1.52. The Bertz CT molecular complexity index is 880. The highest BCUT2D eigenvalue weighted by Gasteiger charge is 1.98. The predicted octanol–water partition coefficient (Wildman–Crippen LogP) is 2.77. The van der Waals surface area contributed by atoms with Crippen LogP contribution in [0.15, 0.2) is 59.8 Å². The van der Waals surface area contributed by atoms with Gasteiger partial charge in [-0.15, -0.1) is 0 Å². The standard InChI is InChI=1S/C17H14FN5S/c18-13-7-5-12(6-8-13)9-20-17(24)23-21-11-14-10-19-15-3-1-2-4-16(15)22-14/h1-8,10-11H,9H2,(H2,20,23,24)/b21-11-. The van der Waals surface area contributed by atoms with Gasteiger partial charge >= 0.3 is 0 Å². The van der Waals surface area contributed by atoms with Gasteiger partial charge in [-0.3, -0.25) is 10.4 Å². The first-order valence-corrected chi connectivity index (χ1v) is 7.65. The van der Waals surface area contributed by atoms with E-state index in [1.54, 1.807) is 24.5 Å². The SMILES string of the molecule is Fc1ccc(CNC(=S)N/N=C\c2cnc3ccccc3n2)cc1. The van der Waals surface area contributed by atoms with Crippen LogP contribution in [0.5, 0.6) is 0 Å². The van der Waals surface area contributed by atoms with E-state index in [1.807, 2.05) is 24.3 Å². The summed E-state index contributed by atoms with van der Waals surface area (Å²) in [6.45, 7) is 0.484. The molecule has 2 aromatic carbocycles. The van der Waals surface area contributed by atoms with Crippen LogP contribution in [-0.4, -0.2) is 21.3 Å². The van der Waals surface area contributed by atoms with Gasteiger partial charge in [0.2, 0.25) is 0 Å². The Morgan fingerprint density at radius 2 is 1.88 bits per heavy atom. The number of rotatable bonds is 4. The summed E-state index contributed by atoms with van der Waals surface area (Å²) in [5.41, 5.74) is 5.89. The average molecular weight is 339 g/mol. The zero-order valence-electron chi connectivity index (χ0n) is 12.6. The molecule has 1 aromatic heterocycles. The maximum absolute atomic E-state index is 12.8. The van der Waals surface area contributed by atoms with Crippen LogP contribution in [0, 0.1) is 5.82 Å². The van der Waals surface area contributed by atoms with E-state index in [1.165, 1.54) is 12.1 Å². The van der Waals surface area contributed by atoms with Gasteiger partial charge in [0, 0.05) is 6.54 Å². The third-order valence-corrected chi connectivity index (χ3v) is 3.43. The topological polar surface area (TPSA) is 62.2 Å². The van der Waals surface area contributed by atoms with Crippen molar-refractivity contribution in [2.75, 3.05) is 0 Å². The lowest BCUT2D eigenvalue weighted by Gasteiger charge is -2.06. The molecule has 0 aliphatic carbocycles. The molecule has 1 heterocycles. The van der Waals surface area contributed by atoms with Crippen LogP contribution in [0.3, 0.4) is 0 Å². The Hall–Kier alpha value is -2.93. The average Bonchev–Trinajstić information content (AvgIpc) is 2.61. The number of hydrazone groups is 1. The van der Waals surface area contributed by atoms with Gasteiger partial charge in [0.05, 0.1) is 23.4 Å². The molecule has 0 atom stereocenters. The van der Waals surface area contributed by atoms with E-state index < -0.39 is 0 Å². The molecule has 120 valence electrons. The maximum Gasteiger partial charge on any atom is 0.187 e. The summed E-state index contributed by atoms with van der Waals surface area (Å²) in [5, 5.41) is 7.38. The summed E-state index contributed by atoms with van der Waals surface area (Å²) in [7, 11) is 0. The monoisotopic (exact) mass is 339 g/mol. The van der Waals surface area contributed by atoms with Crippen molar-refractivity contribution in [1.82, 2.24) is 20.7 Å². The molecule has 5 nitrogen and oxygen atoms in total. The first-order chi connectivity index (χ1) is 11.7. The molecule has 3 rings (SSSR count). The number of hydrogen-bond donors (Lipinski definition) is 2. The first kappa shape index (κ1) is 15.9.